The van der Waals surface area contributed by atoms with Gasteiger partial charge in [0.15, 0.2) is 5.60 Å². The molecule has 0 N–H and O–H groups in total. The van der Waals surface area contributed by atoms with E-state index in [1.165, 1.54) is 4.90 Å². The molecular formula is C52H44BrNO4. The molecule has 1 unspecified atom stereocenters. The lowest BCUT2D eigenvalue weighted by Crippen LogP contribution is -2.40. The zero-order valence-corrected chi connectivity index (χ0v) is 35.3. The summed E-state index contributed by atoms with van der Waals surface area (Å²) >= 11 is 3.53. The van der Waals surface area contributed by atoms with Gasteiger partial charge in [-0.25, -0.2) is 4.90 Å². The predicted octanol–water partition coefficient (Wildman–Crippen LogP) is 10.8. The molecule has 0 saturated carbocycles. The van der Waals surface area contributed by atoms with Gasteiger partial charge in [-0.15, -0.1) is 0 Å². The average Bonchev–Trinajstić information content (AvgIpc) is 3.65. The largest absolute Gasteiger partial charge is 0.497 e. The van der Waals surface area contributed by atoms with Gasteiger partial charge in [0.1, 0.15) is 11.5 Å². The van der Waals surface area contributed by atoms with Gasteiger partial charge in [0, 0.05) is 42.8 Å². The number of hydrogen-bond acceptors (Lipinski definition) is 4. The van der Waals surface area contributed by atoms with E-state index in [1.54, 1.807) is 7.11 Å². The summed E-state index contributed by atoms with van der Waals surface area (Å²) in [6, 6.07) is 38.2. The van der Waals surface area contributed by atoms with Crippen LogP contribution in [0.3, 0.4) is 0 Å². The molecule has 1 aliphatic carbocycles. The van der Waals surface area contributed by atoms with Gasteiger partial charge in [0.2, 0.25) is 0 Å². The first-order valence-corrected chi connectivity index (χ1v) is 20.5. The van der Waals surface area contributed by atoms with Crippen molar-refractivity contribution < 1.29 is 19.1 Å². The smallest absolute Gasteiger partial charge is 0.266 e. The number of ether oxygens (including phenoxy) is 2. The second-order valence-corrected chi connectivity index (χ2v) is 17.2. The molecule has 3 aliphatic rings. The molecule has 9 rings (SSSR count). The van der Waals surface area contributed by atoms with Crippen molar-refractivity contribution >= 4 is 51.7 Å². The number of hydrogen-bond donors (Lipinski definition) is 0. The summed E-state index contributed by atoms with van der Waals surface area (Å²) in [7, 11) is 1.67. The number of anilines is 1. The highest BCUT2D eigenvalue weighted by molar-refractivity contribution is 9.10. The third-order valence-electron chi connectivity index (χ3n) is 12.6. The van der Waals surface area contributed by atoms with Crippen molar-refractivity contribution in [3.8, 4) is 22.6 Å². The van der Waals surface area contributed by atoms with Crippen LogP contribution in [-0.4, -0.2) is 18.9 Å². The van der Waals surface area contributed by atoms with Gasteiger partial charge in [-0.1, -0.05) is 141 Å². The third-order valence-corrected chi connectivity index (χ3v) is 13.1. The van der Waals surface area contributed by atoms with Gasteiger partial charge < -0.3 is 9.47 Å². The zero-order valence-electron chi connectivity index (χ0n) is 33.7. The quantitative estimate of drug-likeness (QED) is 0.157. The van der Waals surface area contributed by atoms with Crippen molar-refractivity contribution in [1.82, 2.24) is 0 Å². The number of amides is 2. The number of carbonyl (C=O) groups is 2. The molecule has 1 atom stereocenters. The Morgan fingerprint density at radius 1 is 0.724 bits per heavy atom. The number of benzene rings is 6. The summed E-state index contributed by atoms with van der Waals surface area (Å²) < 4.78 is 13.9. The molecule has 0 radical (unpaired) electrons. The lowest BCUT2D eigenvalue weighted by atomic mass is 9.71. The maximum absolute atomic E-state index is 15.2. The van der Waals surface area contributed by atoms with Crippen molar-refractivity contribution in [3.05, 3.63) is 186 Å². The van der Waals surface area contributed by atoms with Gasteiger partial charge in [0.05, 0.1) is 23.9 Å². The van der Waals surface area contributed by atoms with Gasteiger partial charge >= 0.3 is 0 Å². The highest BCUT2D eigenvalue weighted by atomic mass is 79.9. The number of imide groups is 1. The number of carbonyl (C=O) groups excluding carboxylic acids is 2. The van der Waals surface area contributed by atoms with E-state index in [4.69, 9.17) is 9.47 Å². The molecule has 2 heterocycles. The Morgan fingerprint density at radius 3 is 1.95 bits per heavy atom. The summed E-state index contributed by atoms with van der Waals surface area (Å²) in [6.45, 7) is 12.9. The highest BCUT2D eigenvalue weighted by Crippen LogP contribution is 2.56. The maximum atomic E-state index is 15.2. The molecule has 5 nitrogen and oxygen atoms in total. The van der Waals surface area contributed by atoms with Crippen molar-refractivity contribution in [1.29, 1.82) is 0 Å². The second kappa shape index (κ2) is 13.6. The van der Waals surface area contributed by atoms with E-state index < -0.39 is 16.4 Å². The van der Waals surface area contributed by atoms with E-state index in [0.29, 0.717) is 16.8 Å². The maximum Gasteiger partial charge on any atom is 0.266 e. The molecule has 6 aromatic rings. The highest BCUT2D eigenvalue weighted by Gasteiger charge is 2.51. The average molecular weight is 827 g/mol. The first-order chi connectivity index (χ1) is 27.9. The van der Waals surface area contributed by atoms with Crippen LogP contribution in [0.15, 0.2) is 126 Å². The topological polar surface area (TPSA) is 55.8 Å². The Hall–Kier alpha value is -5.98. The number of methoxy groups -OCH3 is 1. The first-order valence-electron chi connectivity index (χ1n) is 19.7. The SMILES string of the molecule is C/C=c1/c2c(c3c(/c1=C/C)OC(c1ccccc1)(c1ccc(OC)cc1)C=C3)C(C)(C)c1cc(C(C)(C)c3ccccc3)c3c(c1-2)C(=O)N(c1ccc(Br)cc1)C3=O. The van der Waals surface area contributed by atoms with E-state index >= 15 is 4.79 Å². The van der Waals surface area contributed by atoms with Crippen molar-refractivity contribution in [2.45, 2.75) is 58.0 Å². The molecule has 0 saturated heterocycles. The van der Waals surface area contributed by atoms with Crippen LogP contribution in [0.4, 0.5) is 5.69 Å². The molecule has 58 heavy (non-hydrogen) atoms. The molecular weight excluding hydrogens is 782 g/mol. The number of nitrogens with zero attached hydrogens (tertiary/aromatic N) is 1. The third kappa shape index (κ3) is 5.27. The van der Waals surface area contributed by atoms with E-state index in [-0.39, 0.29) is 11.8 Å². The number of fused-ring (bicyclic) bond motifs is 7. The fraction of sp³-hybridized carbons (Fsp3) is 0.192. The number of rotatable bonds is 6. The van der Waals surface area contributed by atoms with Crippen molar-refractivity contribution in [2.24, 2.45) is 0 Å². The lowest BCUT2D eigenvalue weighted by Gasteiger charge is -2.38. The van der Waals surface area contributed by atoms with E-state index in [2.05, 4.69) is 110 Å². The Bertz CT molecular complexity index is 2840. The normalized spacial score (nSPS) is 18.2. The monoisotopic (exact) mass is 825 g/mol. The van der Waals surface area contributed by atoms with Crippen LogP contribution in [0.1, 0.15) is 101 Å². The van der Waals surface area contributed by atoms with Crippen LogP contribution in [-0.2, 0) is 16.4 Å². The minimum Gasteiger partial charge on any atom is -0.497 e. The minimum absolute atomic E-state index is 0.312. The molecule has 0 spiro atoms. The summed E-state index contributed by atoms with van der Waals surface area (Å²) in [5, 5.41) is 1.90. The molecule has 0 fully saturated rings. The van der Waals surface area contributed by atoms with Crippen LogP contribution in [0.5, 0.6) is 11.5 Å². The van der Waals surface area contributed by atoms with E-state index in [1.807, 2.05) is 86.6 Å². The standard InChI is InChI=1S/C52H44BrNO4/c1-8-37-38(9-2)47-39(28-29-52(58-47,32-18-14-11-15-19-32)33-20-26-36(57-7)27-21-33)46-42(37)43-40(51(46,5)6)30-41(50(3,4)31-16-12-10-13-17-31)44-45(43)49(56)54(48(44)55)35-24-22-34(53)23-25-35/h8-30H,1-7H3/b37-8+,38-9+. The minimum atomic E-state index is -0.936. The molecule has 0 bridgehead atoms. The van der Waals surface area contributed by atoms with Crippen LogP contribution in [0.25, 0.3) is 29.4 Å². The van der Waals surface area contributed by atoms with Gasteiger partial charge in [-0.2, -0.15) is 0 Å². The second-order valence-electron chi connectivity index (χ2n) is 16.3. The fourth-order valence-electron chi connectivity index (χ4n) is 9.60. The Morgan fingerprint density at radius 2 is 1.33 bits per heavy atom. The van der Waals surface area contributed by atoms with Crippen LogP contribution in [0, 0.1) is 0 Å². The molecule has 6 aromatic carbocycles. The molecule has 0 aromatic heterocycles. The molecule has 6 heteroatoms. The predicted molar refractivity (Wildman–Crippen MR) is 237 cm³/mol. The molecule has 2 aliphatic heterocycles. The Balaban J connectivity index is 1.36. The van der Waals surface area contributed by atoms with Gasteiger partial charge in [-0.05, 0) is 89.4 Å². The summed E-state index contributed by atoms with van der Waals surface area (Å²) in [5.41, 5.74) is 8.01. The zero-order chi connectivity index (χ0) is 40.7. The van der Waals surface area contributed by atoms with Crippen LogP contribution in [0.2, 0.25) is 0 Å². The lowest BCUT2D eigenvalue weighted by molar-refractivity contribution is 0.0925. The fourth-order valence-corrected chi connectivity index (χ4v) is 9.86. The molecule has 288 valence electrons. The molecule has 2 amide bonds. The van der Waals surface area contributed by atoms with Crippen molar-refractivity contribution in [2.75, 3.05) is 12.0 Å². The van der Waals surface area contributed by atoms with Crippen molar-refractivity contribution in [3.63, 3.8) is 0 Å². The number of halogens is 1. The van der Waals surface area contributed by atoms with Gasteiger partial charge in [-0.3, -0.25) is 9.59 Å². The van der Waals surface area contributed by atoms with E-state index in [0.717, 1.165) is 76.5 Å². The Kier molecular flexibility index (Phi) is 8.79. The first kappa shape index (κ1) is 37.6. The van der Waals surface area contributed by atoms with Crippen LogP contribution >= 0.6 is 15.9 Å². The van der Waals surface area contributed by atoms with Gasteiger partial charge in [0.25, 0.3) is 11.8 Å². The Labute approximate surface area is 348 Å². The van der Waals surface area contributed by atoms with E-state index in [9.17, 15) is 4.79 Å². The summed E-state index contributed by atoms with van der Waals surface area (Å²) in [4.78, 5) is 31.6. The summed E-state index contributed by atoms with van der Waals surface area (Å²) in [5.74, 6) is 0.916. The van der Waals surface area contributed by atoms with Crippen LogP contribution < -0.4 is 24.8 Å². The summed E-state index contributed by atoms with van der Waals surface area (Å²) in [6.07, 6.45) is 8.61.